The first-order chi connectivity index (χ1) is 8.66. The van der Waals surface area contributed by atoms with Crippen molar-refractivity contribution < 1.29 is 9.53 Å². The molecule has 6 heteroatoms. The van der Waals surface area contributed by atoms with Crippen LogP contribution < -0.4 is 5.32 Å². The second kappa shape index (κ2) is 6.50. The first-order valence-corrected chi connectivity index (χ1v) is 7.05. The molecule has 0 aromatic carbocycles. The molecule has 1 aromatic heterocycles. The van der Waals surface area contributed by atoms with E-state index in [0.29, 0.717) is 12.1 Å². The van der Waals surface area contributed by atoms with E-state index in [4.69, 9.17) is 16.3 Å². The van der Waals surface area contributed by atoms with E-state index in [1.807, 2.05) is 0 Å². The van der Waals surface area contributed by atoms with Crippen molar-refractivity contribution in [1.82, 2.24) is 10.3 Å². The highest BCUT2D eigenvalue weighted by atomic mass is 79.9. The lowest BCUT2D eigenvalue weighted by Crippen LogP contribution is -2.35. The van der Waals surface area contributed by atoms with Crippen LogP contribution in [0.4, 0.5) is 0 Å². The average Bonchev–Trinajstić information content (AvgIpc) is 2.40. The predicted octanol–water partition coefficient (Wildman–Crippen LogP) is 2.80. The Morgan fingerprint density at radius 2 is 2.44 bits per heavy atom. The van der Waals surface area contributed by atoms with Crippen molar-refractivity contribution in [3.8, 4) is 0 Å². The Kier molecular flexibility index (Phi) is 4.97. The average molecular weight is 334 g/mol. The number of pyridine rings is 1. The maximum atomic E-state index is 11.9. The molecule has 2 rings (SSSR count). The molecule has 1 fully saturated rings. The van der Waals surface area contributed by atoms with Crippen molar-refractivity contribution in [1.29, 1.82) is 0 Å². The summed E-state index contributed by atoms with van der Waals surface area (Å²) in [6.07, 6.45) is 4.92. The minimum Gasteiger partial charge on any atom is -0.376 e. The van der Waals surface area contributed by atoms with E-state index in [9.17, 15) is 4.79 Å². The van der Waals surface area contributed by atoms with Crippen LogP contribution in [-0.4, -0.2) is 30.1 Å². The number of aromatic nitrogens is 1. The molecular formula is C12H14BrClN2O2. The smallest absolute Gasteiger partial charge is 0.254 e. The van der Waals surface area contributed by atoms with Crippen molar-refractivity contribution in [2.45, 2.75) is 25.4 Å². The molecule has 1 aliphatic rings. The van der Waals surface area contributed by atoms with E-state index in [1.54, 1.807) is 12.3 Å². The van der Waals surface area contributed by atoms with Crippen LogP contribution >= 0.6 is 27.5 Å². The summed E-state index contributed by atoms with van der Waals surface area (Å²) < 4.78 is 6.27. The monoisotopic (exact) mass is 332 g/mol. The van der Waals surface area contributed by atoms with Gasteiger partial charge in [0.25, 0.3) is 5.91 Å². The number of ether oxygens (including phenoxy) is 1. The van der Waals surface area contributed by atoms with Crippen LogP contribution in [0.3, 0.4) is 0 Å². The minimum absolute atomic E-state index is 0.113. The summed E-state index contributed by atoms with van der Waals surface area (Å²) in [5, 5.41) is 3.04. The molecule has 1 aliphatic heterocycles. The van der Waals surface area contributed by atoms with Crippen LogP contribution in [-0.2, 0) is 4.74 Å². The van der Waals surface area contributed by atoms with Crippen LogP contribution in [0.5, 0.6) is 0 Å². The molecule has 1 unspecified atom stereocenters. The largest absolute Gasteiger partial charge is 0.376 e. The lowest BCUT2D eigenvalue weighted by molar-refractivity contribution is 0.0169. The van der Waals surface area contributed by atoms with E-state index in [1.165, 1.54) is 0 Å². The summed E-state index contributed by atoms with van der Waals surface area (Å²) in [6, 6.07) is 1.66. The van der Waals surface area contributed by atoms with Crippen LogP contribution in [0.15, 0.2) is 16.7 Å². The summed E-state index contributed by atoms with van der Waals surface area (Å²) in [5.41, 5.74) is 0.377. The zero-order valence-corrected chi connectivity index (χ0v) is 12.1. The van der Waals surface area contributed by atoms with E-state index in [-0.39, 0.29) is 17.2 Å². The second-order valence-electron chi connectivity index (χ2n) is 4.19. The molecule has 1 amide bonds. The van der Waals surface area contributed by atoms with Crippen molar-refractivity contribution >= 4 is 33.4 Å². The molecule has 4 nitrogen and oxygen atoms in total. The lowest BCUT2D eigenvalue weighted by Gasteiger charge is -2.22. The first kappa shape index (κ1) is 13.8. The van der Waals surface area contributed by atoms with Gasteiger partial charge >= 0.3 is 0 Å². The molecule has 0 spiro atoms. The van der Waals surface area contributed by atoms with E-state index < -0.39 is 0 Å². The predicted molar refractivity (Wildman–Crippen MR) is 72.9 cm³/mol. The van der Waals surface area contributed by atoms with E-state index in [0.717, 1.165) is 30.3 Å². The summed E-state index contributed by atoms with van der Waals surface area (Å²) in [5.74, 6) is -0.219. The van der Waals surface area contributed by atoms with E-state index >= 15 is 0 Å². The number of carbonyl (C=O) groups excluding carboxylic acids is 1. The standard InChI is InChI=1S/C12H14BrClN2O2/c13-8-5-10(11(14)15-6-8)12(17)16-7-9-3-1-2-4-18-9/h5-6,9H,1-4,7H2,(H,16,17). The number of hydrogen-bond acceptors (Lipinski definition) is 3. The Morgan fingerprint density at radius 1 is 1.61 bits per heavy atom. The zero-order valence-electron chi connectivity index (χ0n) is 9.79. The van der Waals surface area contributed by atoms with E-state index in [2.05, 4.69) is 26.2 Å². The zero-order chi connectivity index (χ0) is 13.0. The summed E-state index contributed by atoms with van der Waals surface area (Å²) >= 11 is 9.16. The van der Waals surface area contributed by atoms with Gasteiger partial charge in [-0.3, -0.25) is 4.79 Å². The number of halogens is 2. The summed E-state index contributed by atoms with van der Waals surface area (Å²) in [6.45, 7) is 1.29. The Balaban J connectivity index is 1.92. The topological polar surface area (TPSA) is 51.2 Å². The molecule has 98 valence electrons. The Morgan fingerprint density at radius 3 is 3.17 bits per heavy atom. The van der Waals surface area contributed by atoms with Gasteiger partial charge in [-0.25, -0.2) is 4.98 Å². The third kappa shape index (κ3) is 3.67. The molecule has 1 N–H and O–H groups in total. The number of carbonyl (C=O) groups is 1. The molecule has 0 bridgehead atoms. The molecular weight excluding hydrogens is 320 g/mol. The molecule has 1 atom stereocenters. The van der Waals surface area contributed by atoms with Gasteiger partial charge in [-0.1, -0.05) is 11.6 Å². The molecule has 18 heavy (non-hydrogen) atoms. The van der Waals surface area contributed by atoms with Crippen molar-refractivity contribution in [2.24, 2.45) is 0 Å². The van der Waals surface area contributed by atoms with Crippen molar-refractivity contribution in [3.05, 3.63) is 27.5 Å². The fourth-order valence-corrected chi connectivity index (χ4v) is 2.37. The maximum Gasteiger partial charge on any atom is 0.254 e. The fourth-order valence-electron chi connectivity index (χ4n) is 1.85. The maximum absolute atomic E-state index is 11.9. The van der Waals surface area contributed by atoms with Gasteiger partial charge in [0.15, 0.2) is 0 Å². The van der Waals surface area contributed by atoms with Gasteiger partial charge in [-0.05, 0) is 41.3 Å². The van der Waals surface area contributed by atoms with Gasteiger partial charge in [0.05, 0.1) is 11.7 Å². The molecule has 1 saturated heterocycles. The number of nitrogens with one attached hydrogen (secondary N) is 1. The number of rotatable bonds is 3. The number of amides is 1. The van der Waals surface area contributed by atoms with Gasteiger partial charge in [0.1, 0.15) is 5.15 Å². The SMILES string of the molecule is O=C(NCC1CCCCO1)c1cc(Br)cnc1Cl. The van der Waals surface area contributed by atoms with Gasteiger partial charge in [-0.2, -0.15) is 0 Å². The summed E-state index contributed by atoms with van der Waals surface area (Å²) in [4.78, 5) is 15.9. The highest BCUT2D eigenvalue weighted by molar-refractivity contribution is 9.10. The Hall–Kier alpha value is -0.650. The Bertz CT molecular complexity index is 436. The molecule has 2 heterocycles. The van der Waals surface area contributed by atoms with Gasteiger partial charge < -0.3 is 10.1 Å². The van der Waals surface area contributed by atoms with Crippen molar-refractivity contribution in [2.75, 3.05) is 13.2 Å². The quantitative estimate of drug-likeness (QED) is 0.865. The molecule has 0 radical (unpaired) electrons. The fraction of sp³-hybridized carbons (Fsp3) is 0.500. The molecule has 0 aliphatic carbocycles. The van der Waals surface area contributed by atoms with Gasteiger partial charge in [0.2, 0.25) is 0 Å². The van der Waals surface area contributed by atoms with Gasteiger partial charge in [0, 0.05) is 23.8 Å². The molecule has 1 aromatic rings. The highest BCUT2D eigenvalue weighted by Crippen LogP contribution is 2.18. The van der Waals surface area contributed by atoms with Gasteiger partial charge in [-0.15, -0.1) is 0 Å². The Labute approximate surface area is 119 Å². The number of hydrogen-bond donors (Lipinski definition) is 1. The first-order valence-electron chi connectivity index (χ1n) is 5.87. The summed E-state index contributed by atoms with van der Waals surface area (Å²) in [7, 11) is 0. The van der Waals surface area contributed by atoms with Crippen LogP contribution in [0, 0.1) is 0 Å². The minimum atomic E-state index is -0.219. The third-order valence-corrected chi connectivity index (χ3v) is 3.55. The molecule has 0 saturated carbocycles. The third-order valence-electron chi connectivity index (χ3n) is 2.81. The van der Waals surface area contributed by atoms with Crippen molar-refractivity contribution in [3.63, 3.8) is 0 Å². The van der Waals surface area contributed by atoms with Crippen LogP contribution in [0.1, 0.15) is 29.6 Å². The second-order valence-corrected chi connectivity index (χ2v) is 5.46. The normalized spacial score (nSPS) is 19.6. The number of nitrogens with zero attached hydrogens (tertiary/aromatic N) is 1. The van der Waals surface area contributed by atoms with Crippen LogP contribution in [0.2, 0.25) is 5.15 Å². The highest BCUT2D eigenvalue weighted by Gasteiger charge is 2.17. The van der Waals surface area contributed by atoms with Crippen LogP contribution in [0.25, 0.3) is 0 Å². The lowest BCUT2D eigenvalue weighted by atomic mass is 10.1.